The lowest BCUT2D eigenvalue weighted by atomic mass is 10.1. The minimum absolute atomic E-state index is 0.146. The van der Waals surface area contributed by atoms with Crippen LogP contribution in [0.5, 0.6) is 0 Å². The molecule has 1 aromatic rings. The van der Waals surface area contributed by atoms with Crippen molar-refractivity contribution in [2.75, 3.05) is 18.6 Å². The Balaban J connectivity index is 2.73. The Morgan fingerprint density at radius 3 is 2.29 bits per heavy atom. The molecule has 0 aliphatic carbocycles. The van der Waals surface area contributed by atoms with Gasteiger partial charge in [-0.1, -0.05) is 30.3 Å². The molecule has 0 spiro atoms. The Labute approximate surface area is 126 Å². The summed E-state index contributed by atoms with van der Waals surface area (Å²) < 4.78 is 29.3. The highest BCUT2D eigenvalue weighted by atomic mass is 32.2. The van der Waals surface area contributed by atoms with Crippen LogP contribution in [0.25, 0.3) is 0 Å². The summed E-state index contributed by atoms with van der Waals surface area (Å²) in [6.07, 6.45) is 0. The molecule has 1 rings (SSSR count). The van der Waals surface area contributed by atoms with Crippen LogP contribution in [0.4, 0.5) is 0 Å². The van der Waals surface area contributed by atoms with Gasteiger partial charge < -0.3 is 10.1 Å². The van der Waals surface area contributed by atoms with E-state index in [9.17, 15) is 13.2 Å². The van der Waals surface area contributed by atoms with E-state index in [0.717, 1.165) is 5.56 Å². The second kappa shape index (κ2) is 7.04. The summed E-state index contributed by atoms with van der Waals surface area (Å²) in [6.45, 7) is 5.12. The lowest BCUT2D eigenvalue weighted by molar-refractivity contribution is -0.151. The third-order valence-electron chi connectivity index (χ3n) is 2.73. The number of carbonyl (C=O) groups is 1. The molecule has 0 radical (unpaired) electrons. The number of esters is 1. The minimum Gasteiger partial charge on any atom is -0.459 e. The molecule has 6 heteroatoms. The molecule has 0 heterocycles. The highest BCUT2D eigenvalue weighted by molar-refractivity contribution is 7.92. The third-order valence-corrected chi connectivity index (χ3v) is 4.25. The van der Waals surface area contributed by atoms with Crippen molar-refractivity contribution < 1.29 is 17.9 Å². The fraction of sp³-hybridized carbons (Fsp3) is 0.533. The summed E-state index contributed by atoms with van der Waals surface area (Å²) in [5, 5.41) is 2.96. The van der Waals surface area contributed by atoms with Crippen molar-refractivity contribution in [3.63, 3.8) is 0 Å². The predicted octanol–water partition coefficient (Wildman–Crippen LogP) is 1.70. The summed E-state index contributed by atoms with van der Waals surface area (Å²) in [5.74, 6) is -1.47. The molecule has 1 atom stereocenters. The van der Waals surface area contributed by atoms with Crippen LogP contribution in [-0.4, -0.2) is 38.5 Å². The van der Waals surface area contributed by atoms with Crippen LogP contribution in [-0.2, 0) is 19.4 Å². The molecule has 0 aliphatic rings. The molecule has 1 unspecified atom stereocenters. The first-order valence-electron chi connectivity index (χ1n) is 6.77. The maximum absolute atomic E-state index is 12.1. The minimum atomic E-state index is -3.55. The van der Waals surface area contributed by atoms with Gasteiger partial charge in [0.2, 0.25) is 0 Å². The van der Waals surface area contributed by atoms with E-state index in [1.807, 2.05) is 30.3 Å². The molecule has 0 saturated heterocycles. The van der Waals surface area contributed by atoms with Crippen molar-refractivity contribution in [1.82, 2.24) is 5.32 Å². The molecule has 0 amide bonds. The number of sulfone groups is 1. The summed E-state index contributed by atoms with van der Waals surface area (Å²) in [6, 6.07) is 8.92. The lowest BCUT2D eigenvalue weighted by Crippen LogP contribution is -2.32. The Bertz CT molecular complexity index is 561. The van der Waals surface area contributed by atoms with E-state index in [4.69, 9.17) is 4.74 Å². The second-order valence-corrected chi connectivity index (χ2v) is 8.00. The van der Waals surface area contributed by atoms with E-state index in [1.54, 1.807) is 27.8 Å². The standard InChI is InChI=1S/C15H23NO4S/c1-15(2,3)20-14(17)11-21(18,19)10-13(16-4)12-8-6-5-7-9-12/h5-9,13,16H,10-11H2,1-4H3. The van der Waals surface area contributed by atoms with E-state index < -0.39 is 27.2 Å². The van der Waals surface area contributed by atoms with Crippen LogP contribution in [0.15, 0.2) is 30.3 Å². The van der Waals surface area contributed by atoms with Crippen molar-refractivity contribution in [3.05, 3.63) is 35.9 Å². The molecule has 1 aromatic carbocycles. The highest BCUT2D eigenvalue weighted by Gasteiger charge is 2.25. The summed E-state index contributed by atoms with van der Waals surface area (Å²) >= 11 is 0. The highest BCUT2D eigenvalue weighted by Crippen LogP contribution is 2.15. The molecule has 1 N–H and O–H groups in total. The van der Waals surface area contributed by atoms with Crippen molar-refractivity contribution in [1.29, 1.82) is 0 Å². The van der Waals surface area contributed by atoms with Crippen molar-refractivity contribution in [2.24, 2.45) is 0 Å². The number of hydrogen-bond donors (Lipinski definition) is 1. The van der Waals surface area contributed by atoms with Gasteiger partial charge in [0, 0.05) is 6.04 Å². The Kier molecular flexibility index (Phi) is 5.92. The second-order valence-electron chi connectivity index (χ2n) is 5.89. The summed E-state index contributed by atoms with van der Waals surface area (Å²) in [4.78, 5) is 11.7. The van der Waals surface area contributed by atoms with Crippen molar-refractivity contribution >= 4 is 15.8 Å². The van der Waals surface area contributed by atoms with Gasteiger partial charge in [0.05, 0.1) is 5.75 Å². The van der Waals surface area contributed by atoms with E-state index >= 15 is 0 Å². The van der Waals surface area contributed by atoms with Gasteiger partial charge in [-0.2, -0.15) is 0 Å². The van der Waals surface area contributed by atoms with Gasteiger partial charge in [0.1, 0.15) is 11.4 Å². The SMILES string of the molecule is CNC(CS(=O)(=O)CC(=O)OC(C)(C)C)c1ccccc1. The maximum atomic E-state index is 12.1. The smallest absolute Gasteiger partial charge is 0.321 e. The zero-order valence-corrected chi connectivity index (χ0v) is 13.7. The summed E-state index contributed by atoms with van der Waals surface area (Å²) in [5.41, 5.74) is 0.182. The van der Waals surface area contributed by atoms with E-state index in [2.05, 4.69) is 5.32 Å². The van der Waals surface area contributed by atoms with Crippen LogP contribution in [0, 0.1) is 0 Å². The van der Waals surface area contributed by atoms with Gasteiger partial charge in [-0.15, -0.1) is 0 Å². The van der Waals surface area contributed by atoms with Crippen LogP contribution in [0.2, 0.25) is 0 Å². The predicted molar refractivity (Wildman–Crippen MR) is 82.7 cm³/mol. The van der Waals surface area contributed by atoms with Crippen LogP contribution in [0.3, 0.4) is 0 Å². The van der Waals surface area contributed by atoms with Gasteiger partial charge in [-0.3, -0.25) is 4.79 Å². The first kappa shape index (κ1) is 17.7. The molecular formula is C15H23NO4S. The molecular weight excluding hydrogens is 290 g/mol. The number of rotatable bonds is 6. The normalized spacial score (nSPS) is 13.7. The third kappa shape index (κ3) is 6.73. The zero-order valence-electron chi connectivity index (χ0n) is 12.9. The lowest BCUT2D eigenvalue weighted by Gasteiger charge is -2.20. The van der Waals surface area contributed by atoms with Crippen LogP contribution < -0.4 is 5.32 Å². The van der Waals surface area contributed by atoms with Gasteiger partial charge in [-0.25, -0.2) is 8.42 Å². The molecule has 0 bridgehead atoms. The molecule has 0 fully saturated rings. The molecule has 118 valence electrons. The number of carbonyl (C=O) groups excluding carboxylic acids is 1. The Morgan fingerprint density at radius 1 is 1.24 bits per heavy atom. The van der Waals surface area contributed by atoms with Crippen molar-refractivity contribution in [2.45, 2.75) is 32.4 Å². The molecule has 0 aliphatic heterocycles. The Hall–Kier alpha value is -1.40. The van der Waals surface area contributed by atoms with E-state index in [0.29, 0.717) is 0 Å². The van der Waals surface area contributed by atoms with Gasteiger partial charge >= 0.3 is 5.97 Å². The van der Waals surface area contributed by atoms with Crippen LogP contribution in [0.1, 0.15) is 32.4 Å². The average molecular weight is 313 g/mol. The topological polar surface area (TPSA) is 72.5 Å². The molecule has 21 heavy (non-hydrogen) atoms. The van der Waals surface area contributed by atoms with Gasteiger partial charge in [0.25, 0.3) is 0 Å². The van der Waals surface area contributed by atoms with E-state index in [-0.39, 0.29) is 11.8 Å². The zero-order chi connectivity index (χ0) is 16.1. The van der Waals surface area contributed by atoms with E-state index in [1.165, 1.54) is 0 Å². The fourth-order valence-electron chi connectivity index (χ4n) is 1.89. The maximum Gasteiger partial charge on any atom is 0.321 e. The number of nitrogens with one attached hydrogen (secondary N) is 1. The first-order valence-corrected chi connectivity index (χ1v) is 8.59. The fourth-order valence-corrected chi connectivity index (χ4v) is 3.30. The Morgan fingerprint density at radius 2 is 1.81 bits per heavy atom. The quantitative estimate of drug-likeness (QED) is 0.809. The summed E-state index contributed by atoms with van der Waals surface area (Å²) in [7, 11) is -1.85. The van der Waals surface area contributed by atoms with Crippen molar-refractivity contribution in [3.8, 4) is 0 Å². The number of hydrogen-bond acceptors (Lipinski definition) is 5. The number of benzene rings is 1. The molecule has 0 aromatic heterocycles. The molecule has 5 nitrogen and oxygen atoms in total. The largest absolute Gasteiger partial charge is 0.459 e. The molecule has 0 saturated carbocycles. The first-order chi connectivity index (χ1) is 9.63. The van der Waals surface area contributed by atoms with Gasteiger partial charge in [0.15, 0.2) is 9.84 Å². The number of ether oxygens (including phenoxy) is 1. The van der Waals surface area contributed by atoms with Gasteiger partial charge in [-0.05, 0) is 33.4 Å². The monoisotopic (exact) mass is 313 g/mol. The van der Waals surface area contributed by atoms with Crippen LogP contribution >= 0.6 is 0 Å². The average Bonchev–Trinajstić information content (AvgIpc) is 2.34.